The van der Waals surface area contributed by atoms with E-state index < -0.39 is 5.91 Å². The number of fused-ring (bicyclic) bond motifs is 1. The van der Waals surface area contributed by atoms with Crippen LogP contribution in [-0.4, -0.2) is 25.4 Å². The minimum absolute atomic E-state index is 0.107. The van der Waals surface area contributed by atoms with Crippen LogP contribution in [-0.2, 0) is 13.0 Å². The van der Waals surface area contributed by atoms with Crippen LogP contribution < -0.4 is 11.3 Å². The summed E-state index contributed by atoms with van der Waals surface area (Å²) in [4.78, 5) is 36.0. The van der Waals surface area contributed by atoms with Gasteiger partial charge in [0, 0.05) is 19.2 Å². The molecule has 2 N–H and O–H groups in total. The summed E-state index contributed by atoms with van der Waals surface area (Å²) in [6.07, 6.45) is 4.42. The average Bonchev–Trinajstić information content (AvgIpc) is 2.87. The third-order valence-corrected chi connectivity index (χ3v) is 3.10. The Morgan fingerprint density at radius 3 is 2.95 bits per heavy atom. The van der Waals surface area contributed by atoms with Gasteiger partial charge in [-0.05, 0) is 12.5 Å². The Balaban J connectivity index is 2.33. The second kappa shape index (κ2) is 4.27. The number of aromatic nitrogens is 4. The van der Waals surface area contributed by atoms with E-state index in [9.17, 15) is 9.59 Å². The molecule has 0 radical (unpaired) electrons. The minimum Gasteiger partial charge on any atom is -0.365 e. The molecule has 0 unspecified atom stereocenters. The summed E-state index contributed by atoms with van der Waals surface area (Å²) in [6.45, 7) is 0.575. The molecule has 0 saturated heterocycles. The van der Waals surface area contributed by atoms with Gasteiger partial charge in [-0.2, -0.15) is 0 Å². The molecule has 2 aromatic heterocycles. The predicted octanol–water partition coefficient (Wildman–Crippen LogP) is -0.255. The quantitative estimate of drug-likeness (QED) is 0.798. The zero-order chi connectivity index (χ0) is 13.4. The molecule has 7 nitrogen and oxygen atoms in total. The molecule has 1 aliphatic heterocycles. The third-order valence-electron chi connectivity index (χ3n) is 3.10. The number of hydrogen-bond acceptors (Lipinski definition) is 5. The fourth-order valence-corrected chi connectivity index (χ4v) is 2.25. The zero-order valence-electron chi connectivity index (χ0n) is 10.0. The van der Waals surface area contributed by atoms with Crippen LogP contribution in [0.1, 0.15) is 22.6 Å². The van der Waals surface area contributed by atoms with E-state index in [2.05, 4.69) is 15.0 Å². The van der Waals surface area contributed by atoms with Crippen LogP contribution in [0.2, 0.25) is 0 Å². The number of amides is 1. The standard InChI is InChI=1S/C12H11N5O2/c13-11(18)9-10(7-3-4-14-6-15-7)16-8-2-1-5-17(8)12(9)19/h3-4,6H,1-2,5H2,(H2,13,18). The summed E-state index contributed by atoms with van der Waals surface area (Å²) in [5.74, 6) is -0.114. The molecule has 1 aliphatic rings. The first kappa shape index (κ1) is 11.5. The maximum atomic E-state index is 12.3. The molecule has 0 aromatic carbocycles. The smallest absolute Gasteiger partial charge is 0.267 e. The molecular formula is C12H11N5O2. The molecule has 19 heavy (non-hydrogen) atoms. The van der Waals surface area contributed by atoms with Gasteiger partial charge in [-0.1, -0.05) is 0 Å². The summed E-state index contributed by atoms with van der Waals surface area (Å²) in [5, 5.41) is 0. The van der Waals surface area contributed by atoms with Crippen molar-refractivity contribution >= 4 is 5.91 Å². The fraction of sp³-hybridized carbons (Fsp3) is 0.250. The number of rotatable bonds is 2. The van der Waals surface area contributed by atoms with Gasteiger partial charge in [0.25, 0.3) is 11.5 Å². The van der Waals surface area contributed by atoms with E-state index in [1.807, 2.05) is 0 Å². The number of primary amides is 1. The number of aryl methyl sites for hydroxylation is 1. The number of nitrogens with zero attached hydrogens (tertiary/aromatic N) is 4. The first-order valence-corrected chi connectivity index (χ1v) is 5.88. The molecule has 2 aromatic rings. The lowest BCUT2D eigenvalue weighted by Crippen LogP contribution is -2.31. The van der Waals surface area contributed by atoms with Crippen LogP contribution in [0.5, 0.6) is 0 Å². The lowest BCUT2D eigenvalue weighted by molar-refractivity contribution is 0.0998. The number of nitrogens with two attached hydrogens (primary N) is 1. The van der Waals surface area contributed by atoms with Crippen LogP contribution in [0.4, 0.5) is 0 Å². The number of carbonyl (C=O) groups is 1. The van der Waals surface area contributed by atoms with Crippen molar-refractivity contribution in [1.29, 1.82) is 0 Å². The van der Waals surface area contributed by atoms with Crippen molar-refractivity contribution < 1.29 is 4.79 Å². The topological polar surface area (TPSA) is 104 Å². The van der Waals surface area contributed by atoms with E-state index in [1.54, 1.807) is 6.07 Å². The maximum Gasteiger partial charge on any atom is 0.267 e. The first-order chi connectivity index (χ1) is 9.18. The van der Waals surface area contributed by atoms with E-state index >= 15 is 0 Å². The maximum absolute atomic E-state index is 12.3. The molecule has 3 heterocycles. The van der Waals surface area contributed by atoms with Gasteiger partial charge < -0.3 is 5.73 Å². The lowest BCUT2D eigenvalue weighted by Gasteiger charge is -2.09. The van der Waals surface area contributed by atoms with Crippen molar-refractivity contribution in [3.8, 4) is 11.4 Å². The molecule has 0 atom stereocenters. The van der Waals surface area contributed by atoms with E-state index in [0.717, 1.165) is 6.42 Å². The molecule has 1 amide bonds. The first-order valence-electron chi connectivity index (χ1n) is 5.88. The van der Waals surface area contributed by atoms with Crippen molar-refractivity contribution in [2.45, 2.75) is 19.4 Å². The summed E-state index contributed by atoms with van der Waals surface area (Å²) < 4.78 is 1.50. The van der Waals surface area contributed by atoms with Gasteiger partial charge in [-0.25, -0.2) is 15.0 Å². The Labute approximate surface area is 108 Å². The Hall–Kier alpha value is -2.57. The fourth-order valence-electron chi connectivity index (χ4n) is 2.25. The van der Waals surface area contributed by atoms with Crippen molar-refractivity contribution in [1.82, 2.24) is 19.5 Å². The number of hydrogen-bond donors (Lipinski definition) is 1. The number of carbonyl (C=O) groups excluding carboxylic acids is 1. The molecule has 96 valence electrons. The summed E-state index contributed by atoms with van der Waals surface area (Å²) in [7, 11) is 0. The van der Waals surface area contributed by atoms with Crippen LogP contribution in [0.3, 0.4) is 0 Å². The van der Waals surface area contributed by atoms with Gasteiger partial charge >= 0.3 is 0 Å². The normalized spacial score (nSPS) is 13.3. The predicted molar refractivity (Wildman–Crippen MR) is 66.4 cm³/mol. The van der Waals surface area contributed by atoms with Gasteiger partial charge in [0.05, 0.1) is 5.69 Å². The second-order valence-corrected chi connectivity index (χ2v) is 4.27. The summed E-state index contributed by atoms with van der Waals surface area (Å²) in [6, 6.07) is 1.60. The highest BCUT2D eigenvalue weighted by atomic mass is 16.2. The van der Waals surface area contributed by atoms with Gasteiger partial charge in [-0.3, -0.25) is 14.2 Å². The SMILES string of the molecule is NC(=O)c1c(-c2ccncn2)nc2n(c1=O)CCC2. The highest BCUT2D eigenvalue weighted by Gasteiger charge is 2.24. The Morgan fingerprint density at radius 2 is 2.26 bits per heavy atom. The highest BCUT2D eigenvalue weighted by molar-refractivity contribution is 5.98. The molecule has 0 saturated carbocycles. The van der Waals surface area contributed by atoms with Crippen molar-refractivity contribution in [3.63, 3.8) is 0 Å². The molecule has 7 heteroatoms. The second-order valence-electron chi connectivity index (χ2n) is 4.27. The third kappa shape index (κ3) is 1.79. The minimum atomic E-state index is -0.784. The molecule has 0 aliphatic carbocycles. The van der Waals surface area contributed by atoms with Crippen LogP contribution in [0.15, 0.2) is 23.4 Å². The largest absolute Gasteiger partial charge is 0.365 e. The summed E-state index contributed by atoms with van der Waals surface area (Å²) in [5.41, 5.74) is 5.49. The Morgan fingerprint density at radius 1 is 1.42 bits per heavy atom. The van der Waals surface area contributed by atoms with Gasteiger partial charge in [-0.15, -0.1) is 0 Å². The van der Waals surface area contributed by atoms with E-state index in [0.29, 0.717) is 24.5 Å². The van der Waals surface area contributed by atoms with Crippen LogP contribution >= 0.6 is 0 Å². The van der Waals surface area contributed by atoms with Gasteiger partial charge in [0.2, 0.25) is 0 Å². The van der Waals surface area contributed by atoms with E-state index in [4.69, 9.17) is 5.73 Å². The van der Waals surface area contributed by atoms with Crippen LogP contribution in [0.25, 0.3) is 11.4 Å². The zero-order valence-corrected chi connectivity index (χ0v) is 10.0. The highest BCUT2D eigenvalue weighted by Crippen LogP contribution is 2.19. The Kier molecular flexibility index (Phi) is 2.59. The molecule has 0 fully saturated rings. The van der Waals surface area contributed by atoms with E-state index in [1.165, 1.54) is 17.1 Å². The monoisotopic (exact) mass is 257 g/mol. The van der Waals surface area contributed by atoms with Crippen molar-refractivity contribution in [3.05, 3.63) is 40.3 Å². The molecule has 0 spiro atoms. The summed E-state index contributed by atoms with van der Waals surface area (Å²) >= 11 is 0. The Bertz CT molecular complexity index is 708. The van der Waals surface area contributed by atoms with Gasteiger partial charge in [0.15, 0.2) is 0 Å². The molecular weight excluding hydrogens is 246 g/mol. The lowest BCUT2D eigenvalue weighted by atomic mass is 10.1. The molecule has 0 bridgehead atoms. The average molecular weight is 257 g/mol. The van der Waals surface area contributed by atoms with Crippen LogP contribution in [0, 0.1) is 0 Å². The van der Waals surface area contributed by atoms with Crippen molar-refractivity contribution in [2.24, 2.45) is 5.73 Å². The van der Waals surface area contributed by atoms with Gasteiger partial charge in [0.1, 0.15) is 23.4 Å². The van der Waals surface area contributed by atoms with E-state index in [-0.39, 0.29) is 16.8 Å². The van der Waals surface area contributed by atoms with Crippen molar-refractivity contribution in [2.75, 3.05) is 0 Å². The molecule has 3 rings (SSSR count).